The number of hydrogen-bond acceptors (Lipinski definition) is 6. The summed E-state index contributed by atoms with van der Waals surface area (Å²) in [6, 6.07) is 10.9. The molecule has 0 bridgehead atoms. The van der Waals surface area contributed by atoms with E-state index in [0.29, 0.717) is 31.9 Å². The quantitative estimate of drug-likeness (QED) is 0.478. The number of piperazine rings is 1. The first kappa shape index (κ1) is 24.7. The zero-order valence-corrected chi connectivity index (χ0v) is 20.8. The lowest BCUT2D eigenvalue weighted by molar-refractivity contribution is -0.122. The topological polar surface area (TPSA) is 74.5 Å². The highest BCUT2D eigenvalue weighted by atomic mass is 19.1. The van der Waals surface area contributed by atoms with Gasteiger partial charge in [0.25, 0.3) is 0 Å². The minimum absolute atomic E-state index is 0.0640. The van der Waals surface area contributed by atoms with Gasteiger partial charge in [0.2, 0.25) is 11.9 Å². The summed E-state index contributed by atoms with van der Waals surface area (Å²) >= 11 is 0. The van der Waals surface area contributed by atoms with Gasteiger partial charge in [-0.1, -0.05) is 12.1 Å². The average Bonchev–Trinajstić information content (AvgIpc) is 3.45. The smallest absolute Gasteiger partial charge is 0.234 e. The van der Waals surface area contributed by atoms with Crippen LogP contribution in [0.3, 0.4) is 0 Å². The second kappa shape index (κ2) is 11.4. The molecule has 1 aliphatic heterocycles. The number of nitrogens with zero attached hydrogens (tertiary/aromatic N) is 7. The lowest BCUT2D eigenvalue weighted by Crippen LogP contribution is -2.50. The molecule has 0 unspecified atom stereocenters. The van der Waals surface area contributed by atoms with Gasteiger partial charge in [-0.25, -0.2) is 4.39 Å². The third kappa shape index (κ3) is 5.82. The number of amides is 1. The Hall–Kier alpha value is -3.40. The molecule has 35 heavy (non-hydrogen) atoms. The van der Waals surface area contributed by atoms with Crippen molar-refractivity contribution in [3.05, 3.63) is 48.4 Å². The van der Waals surface area contributed by atoms with Crippen LogP contribution >= 0.6 is 0 Å². The summed E-state index contributed by atoms with van der Waals surface area (Å²) in [6.45, 7) is 7.55. The third-order valence-corrected chi connectivity index (χ3v) is 6.44. The van der Waals surface area contributed by atoms with Gasteiger partial charge in [0.15, 0.2) is 5.82 Å². The summed E-state index contributed by atoms with van der Waals surface area (Å²) in [6.07, 6.45) is 2.81. The van der Waals surface area contributed by atoms with Crippen LogP contribution in [0.2, 0.25) is 0 Å². The fourth-order valence-corrected chi connectivity index (χ4v) is 4.53. The molecule has 1 fully saturated rings. The Kier molecular flexibility index (Phi) is 8.02. The number of halogens is 1. The highest BCUT2D eigenvalue weighted by Gasteiger charge is 2.25. The Morgan fingerprint density at radius 3 is 2.57 bits per heavy atom. The van der Waals surface area contributed by atoms with E-state index in [0.717, 1.165) is 50.1 Å². The molecule has 10 heteroatoms. The average molecular weight is 483 g/mol. The third-order valence-electron chi connectivity index (χ3n) is 6.44. The molecule has 0 spiro atoms. The van der Waals surface area contributed by atoms with Crippen molar-refractivity contribution < 1.29 is 9.18 Å². The van der Waals surface area contributed by atoms with Crippen LogP contribution in [-0.2, 0) is 18.4 Å². The van der Waals surface area contributed by atoms with E-state index in [9.17, 15) is 9.18 Å². The number of carbonyl (C=O) groups is 1. The predicted molar refractivity (Wildman–Crippen MR) is 136 cm³/mol. The predicted octanol–water partition coefficient (Wildman–Crippen LogP) is 2.21. The van der Waals surface area contributed by atoms with Crippen molar-refractivity contribution in [2.24, 2.45) is 7.05 Å². The van der Waals surface area contributed by atoms with Crippen molar-refractivity contribution in [2.75, 3.05) is 62.7 Å². The molecule has 0 saturated carbocycles. The monoisotopic (exact) mass is 482 g/mol. The fraction of sp³-hybridized carbons (Fsp3) is 0.480. The summed E-state index contributed by atoms with van der Waals surface area (Å²) in [5, 5.41) is 12.0. The Balaban J connectivity index is 1.46. The molecule has 4 rings (SSSR count). The van der Waals surface area contributed by atoms with E-state index >= 15 is 0 Å². The Morgan fingerprint density at radius 2 is 1.89 bits per heavy atom. The van der Waals surface area contributed by atoms with Crippen LogP contribution in [-0.4, -0.2) is 83.0 Å². The molecule has 9 nitrogen and oxygen atoms in total. The molecule has 188 valence electrons. The summed E-state index contributed by atoms with van der Waals surface area (Å²) in [5.74, 6) is 1.52. The fourth-order valence-electron chi connectivity index (χ4n) is 4.53. The molecular formula is C25H35FN8O. The zero-order chi connectivity index (χ0) is 24.8. The standard InChI is InChI=1S/C25H35FN8O/c1-4-27-23(35)19-32-15-17-33(18-16-32)25-29-28-24(22-11-7-12-31(22)3)34(25)14-8-13-30(2)21-10-6-5-9-20(21)26/h5-7,9-12H,4,8,13-19H2,1-3H3,(H,27,35). The summed E-state index contributed by atoms with van der Waals surface area (Å²) in [5.41, 5.74) is 1.60. The number of likely N-dealkylation sites (N-methyl/N-ethyl adjacent to an activating group) is 1. The van der Waals surface area contributed by atoms with E-state index in [1.165, 1.54) is 6.07 Å². The molecule has 1 amide bonds. The molecule has 0 radical (unpaired) electrons. The molecule has 0 aliphatic carbocycles. The Bertz CT molecular complexity index is 1120. The van der Waals surface area contributed by atoms with Gasteiger partial charge >= 0.3 is 0 Å². The molecular weight excluding hydrogens is 447 g/mol. The number of para-hydroxylation sites is 1. The number of aryl methyl sites for hydroxylation is 1. The highest BCUT2D eigenvalue weighted by molar-refractivity contribution is 5.78. The van der Waals surface area contributed by atoms with E-state index in [1.54, 1.807) is 12.1 Å². The van der Waals surface area contributed by atoms with Gasteiger partial charge in [0.05, 0.1) is 17.9 Å². The van der Waals surface area contributed by atoms with Crippen molar-refractivity contribution in [3.8, 4) is 11.5 Å². The molecule has 1 aliphatic rings. The lowest BCUT2D eigenvalue weighted by atomic mass is 10.2. The first-order valence-electron chi connectivity index (χ1n) is 12.2. The van der Waals surface area contributed by atoms with E-state index in [1.807, 2.05) is 54.9 Å². The van der Waals surface area contributed by atoms with Gasteiger partial charge in [-0.15, -0.1) is 10.2 Å². The van der Waals surface area contributed by atoms with Crippen LogP contribution < -0.4 is 15.1 Å². The minimum atomic E-state index is -0.213. The van der Waals surface area contributed by atoms with Gasteiger partial charge in [0.1, 0.15) is 5.82 Å². The van der Waals surface area contributed by atoms with Gasteiger partial charge < -0.3 is 19.7 Å². The minimum Gasteiger partial charge on any atom is -0.372 e. The van der Waals surface area contributed by atoms with E-state index in [-0.39, 0.29) is 11.7 Å². The number of rotatable bonds is 10. The maximum absolute atomic E-state index is 14.2. The Labute approximate surface area is 206 Å². The number of anilines is 2. The molecule has 1 N–H and O–H groups in total. The van der Waals surface area contributed by atoms with Gasteiger partial charge in [0, 0.05) is 66.1 Å². The highest BCUT2D eigenvalue weighted by Crippen LogP contribution is 2.25. The molecule has 2 aromatic heterocycles. The van der Waals surface area contributed by atoms with Crippen molar-refractivity contribution in [3.63, 3.8) is 0 Å². The number of carbonyl (C=O) groups excluding carboxylic acids is 1. The molecule has 3 heterocycles. The van der Waals surface area contributed by atoms with Crippen molar-refractivity contribution >= 4 is 17.5 Å². The first-order chi connectivity index (χ1) is 17.0. The van der Waals surface area contributed by atoms with Crippen molar-refractivity contribution in [2.45, 2.75) is 19.9 Å². The SMILES string of the molecule is CCNC(=O)CN1CCN(c2nnc(-c3cccn3C)n2CCCN(C)c2ccccc2F)CC1. The van der Waals surface area contributed by atoms with Crippen LogP contribution in [0.4, 0.5) is 16.0 Å². The second-order valence-corrected chi connectivity index (χ2v) is 8.92. The maximum atomic E-state index is 14.2. The second-order valence-electron chi connectivity index (χ2n) is 8.92. The van der Waals surface area contributed by atoms with Gasteiger partial charge in [-0.2, -0.15) is 0 Å². The van der Waals surface area contributed by atoms with Gasteiger partial charge in [-0.05, 0) is 37.6 Å². The Morgan fingerprint density at radius 1 is 1.11 bits per heavy atom. The number of nitrogens with one attached hydrogen (secondary N) is 1. The maximum Gasteiger partial charge on any atom is 0.234 e. The number of aromatic nitrogens is 4. The zero-order valence-electron chi connectivity index (χ0n) is 20.8. The van der Waals surface area contributed by atoms with Crippen LogP contribution in [0.1, 0.15) is 13.3 Å². The molecule has 3 aromatic rings. The number of benzene rings is 1. The molecule has 0 atom stereocenters. The van der Waals surface area contributed by atoms with E-state index in [4.69, 9.17) is 0 Å². The normalized spacial score (nSPS) is 14.3. The molecule has 1 aromatic carbocycles. The molecule has 1 saturated heterocycles. The first-order valence-corrected chi connectivity index (χ1v) is 12.2. The number of hydrogen-bond donors (Lipinski definition) is 1. The summed E-state index contributed by atoms with van der Waals surface area (Å²) < 4.78 is 18.4. The summed E-state index contributed by atoms with van der Waals surface area (Å²) in [4.78, 5) is 18.3. The summed E-state index contributed by atoms with van der Waals surface area (Å²) in [7, 11) is 3.91. The van der Waals surface area contributed by atoms with Crippen LogP contribution in [0.5, 0.6) is 0 Å². The van der Waals surface area contributed by atoms with Crippen LogP contribution in [0.25, 0.3) is 11.5 Å². The van der Waals surface area contributed by atoms with Crippen molar-refractivity contribution in [1.29, 1.82) is 0 Å². The van der Waals surface area contributed by atoms with E-state index in [2.05, 4.69) is 29.9 Å². The largest absolute Gasteiger partial charge is 0.372 e. The van der Waals surface area contributed by atoms with E-state index < -0.39 is 0 Å². The van der Waals surface area contributed by atoms with Crippen LogP contribution in [0, 0.1) is 5.82 Å². The van der Waals surface area contributed by atoms with Crippen LogP contribution in [0.15, 0.2) is 42.6 Å². The van der Waals surface area contributed by atoms with Gasteiger partial charge in [-0.3, -0.25) is 14.3 Å². The lowest BCUT2D eigenvalue weighted by Gasteiger charge is -2.35. The van der Waals surface area contributed by atoms with Crippen molar-refractivity contribution in [1.82, 2.24) is 29.5 Å².